The molecule has 7 nitrogen and oxygen atoms in total. The molecule has 1 amide bonds. The molecule has 0 saturated heterocycles. The molecule has 2 N–H and O–H groups in total. The van der Waals surface area contributed by atoms with Crippen LogP contribution in [0.25, 0.3) is 0 Å². The fourth-order valence-corrected chi connectivity index (χ4v) is 1.28. The number of pyridine rings is 1. The van der Waals surface area contributed by atoms with Crippen LogP contribution in [-0.2, 0) is 0 Å². The summed E-state index contributed by atoms with van der Waals surface area (Å²) in [6, 6.07) is 4.05. The van der Waals surface area contributed by atoms with Gasteiger partial charge in [-0.1, -0.05) is 5.16 Å². The van der Waals surface area contributed by atoms with E-state index in [1.54, 1.807) is 6.92 Å². The van der Waals surface area contributed by atoms with Gasteiger partial charge >= 0.3 is 5.97 Å². The van der Waals surface area contributed by atoms with E-state index >= 15 is 0 Å². The molecule has 0 aliphatic carbocycles. The van der Waals surface area contributed by atoms with Gasteiger partial charge in [0.25, 0.3) is 5.91 Å². The Bertz CT molecular complexity index is 606. The van der Waals surface area contributed by atoms with Crippen LogP contribution in [0.3, 0.4) is 0 Å². The van der Waals surface area contributed by atoms with Gasteiger partial charge < -0.3 is 14.9 Å². The van der Waals surface area contributed by atoms with Crippen molar-refractivity contribution in [1.82, 2.24) is 10.1 Å². The summed E-state index contributed by atoms with van der Waals surface area (Å²) >= 11 is 0. The van der Waals surface area contributed by atoms with Crippen LogP contribution in [-0.4, -0.2) is 27.1 Å². The Kier molecular flexibility index (Phi) is 3.05. The third-order valence-corrected chi connectivity index (χ3v) is 2.10. The van der Waals surface area contributed by atoms with E-state index in [0.29, 0.717) is 5.69 Å². The van der Waals surface area contributed by atoms with Crippen molar-refractivity contribution in [3.8, 4) is 0 Å². The number of anilines is 1. The first-order valence-corrected chi connectivity index (χ1v) is 5.00. The number of nitrogens with zero attached hydrogens (tertiary/aromatic N) is 2. The zero-order valence-electron chi connectivity index (χ0n) is 9.38. The van der Waals surface area contributed by atoms with Gasteiger partial charge in [0.15, 0.2) is 0 Å². The number of carboxylic acids is 1. The van der Waals surface area contributed by atoms with E-state index in [-0.39, 0.29) is 17.1 Å². The van der Waals surface area contributed by atoms with E-state index in [0.717, 1.165) is 0 Å². The third-order valence-electron chi connectivity index (χ3n) is 2.10. The Hall–Kier alpha value is -2.70. The Balaban J connectivity index is 2.16. The van der Waals surface area contributed by atoms with Crippen molar-refractivity contribution < 1.29 is 19.2 Å². The lowest BCUT2D eigenvalue weighted by molar-refractivity contribution is 0.0696. The second-order valence-corrected chi connectivity index (χ2v) is 3.52. The fraction of sp³-hybridized carbons (Fsp3) is 0.0909. The summed E-state index contributed by atoms with van der Waals surface area (Å²) in [5.74, 6) is -1.46. The van der Waals surface area contributed by atoms with E-state index in [4.69, 9.17) is 9.63 Å². The summed E-state index contributed by atoms with van der Waals surface area (Å²) in [5, 5.41) is 14.8. The van der Waals surface area contributed by atoms with E-state index in [1.807, 2.05) is 0 Å². The molecule has 18 heavy (non-hydrogen) atoms. The molecule has 0 bridgehead atoms. The number of carbonyl (C=O) groups is 2. The molecule has 0 radical (unpaired) electrons. The van der Waals surface area contributed by atoms with E-state index in [1.165, 1.54) is 24.4 Å². The van der Waals surface area contributed by atoms with Crippen LogP contribution < -0.4 is 5.32 Å². The van der Waals surface area contributed by atoms with Crippen LogP contribution in [0.2, 0.25) is 0 Å². The lowest BCUT2D eigenvalue weighted by Crippen LogP contribution is -2.12. The first kappa shape index (κ1) is 11.8. The predicted octanol–water partition coefficient (Wildman–Crippen LogP) is 1.33. The maximum absolute atomic E-state index is 11.7. The lowest BCUT2D eigenvalue weighted by Gasteiger charge is -2.02. The van der Waals surface area contributed by atoms with Crippen LogP contribution in [0.4, 0.5) is 5.82 Å². The first-order chi connectivity index (χ1) is 8.56. The topological polar surface area (TPSA) is 105 Å². The number of hydrogen-bond donors (Lipinski definition) is 2. The maximum atomic E-state index is 11.7. The quantitative estimate of drug-likeness (QED) is 0.847. The molecule has 0 aliphatic heterocycles. The highest BCUT2D eigenvalue weighted by atomic mass is 16.5. The highest BCUT2D eigenvalue weighted by Gasteiger charge is 2.13. The van der Waals surface area contributed by atoms with Gasteiger partial charge in [-0.15, -0.1) is 0 Å². The van der Waals surface area contributed by atoms with Crippen LogP contribution in [0.15, 0.2) is 28.9 Å². The minimum absolute atomic E-state index is 0.0362. The van der Waals surface area contributed by atoms with Crippen molar-refractivity contribution in [3.63, 3.8) is 0 Å². The highest BCUT2D eigenvalue weighted by molar-refractivity contribution is 6.02. The van der Waals surface area contributed by atoms with Gasteiger partial charge in [-0.05, 0) is 19.1 Å². The zero-order chi connectivity index (χ0) is 13.1. The molecule has 0 aromatic carbocycles. The molecular formula is C11H9N3O4. The van der Waals surface area contributed by atoms with Gasteiger partial charge in [-0.3, -0.25) is 4.79 Å². The van der Waals surface area contributed by atoms with Crippen LogP contribution in [0.5, 0.6) is 0 Å². The van der Waals surface area contributed by atoms with Gasteiger partial charge in [-0.25, -0.2) is 9.78 Å². The Labute approximate surface area is 101 Å². The molecule has 0 unspecified atom stereocenters. The number of nitrogens with one attached hydrogen (secondary N) is 1. The monoisotopic (exact) mass is 247 g/mol. The summed E-state index contributed by atoms with van der Waals surface area (Å²) < 4.78 is 4.77. The number of carbonyl (C=O) groups excluding carboxylic acids is 1. The first-order valence-electron chi connectivity index (χ1n) is 5.00. The van der Waals surface area contributed by atoms with Crippen molar-refractivity contribution in [1.29, 1.82) is 0 Å². The second-order valence-electron chi connectivity index (χ2n) is 3.52. The third kappa shape index (κ3) is 2.51. The number of amides is 1. The summed E-state index contributed by atoms with van der Waals surface area (Å²) in [6.07, 6.45) is 1.30. The molecule has 0 fully saturated rings. The summed E-state index contributed by atoms with van der Waals surface area (Å²) in [4.78, 5) is 26.3. The van der Waals surface area contributed by atoms with Crippen LogP contribution in [0, 0.1) is 6.92 Å². The Morgan fingerprint density at radius 1 is 1.39 bits per heavy atom. The smallest absolute Gasteiger partial charge is 0.335 e. The summed E-state index contributed by atoms with van der Waals surface area (Å²) in [7, 11) is 0. The number of aromatic nitrogens is 2. The molecule has 0 atom stereocenters. The Morgan fingerprint density at radius 2 is 2.17 bits per heavy atom. The molecule has 0 aliphatic rings. The molecular weight excluding hydrogens is 238 g/mol. The van der Waals surface area contributed by atoms with Gasteiger partial charge in [0.05, 0.1) is 11.3 Å². The normalized spacial score (nSPS) is 10.1. The largest absolute Gasteiger partial charge is 0.478 e. The number of carboxylic acid groups (broad SMARTS) is 1. The minimum atomic E-state index is -1.09. The van der Waals surface area contributed by atoms with Gasteiger partial charge in [0.2, 0.25) is 5.76 Å². The van der Waals surface area contributed by atoms with Crippen LogP contribution in [0.1, 0.15) is 26.6 Å². The van der Waals surface area contributed by atoms with E-state index in [9.17, 15) is 9.59 Å². The van der Waals surface area contributed by atoms with Crippen molar-refractivity contribution >= 4 is 17.7 Å². The number of aromatic carboxylic acids is 1. The van der Waals surface area contributed by atoms with E-state index in [2.05, 4.69) is 15.5 Å². The van der Waals surface area contributed by atoms with Crippen LogP contribution >= 0.6 is 0 Å². The average molecular weight is 247 g/mol. The summed E-state index contributed by atoms with van der Waals surface area (Å²) in [6.45, 7) is 1.68. The minimum Gasteiger partial charge on any atom is -0.478 e. The SMILES string of the molecule is Cc1cc(C(=O)Nc2cc(C(=O)O)ccn2)on1. The van der Waals surface area contributed by atoms with Gasteiger partial charge in [0, 0.05) is 12.3 Å². The molecule has 0 saturated carbocycles. The lowest BCUT2D eigenvalue weighted by atomic mass is 10.2. The highest BCUT2D eigenvalue weighted by Crippen LogP contribution is 2.09. The number of aryl methyl sites for hydroxylation is 1. The summed E-state index contributed by atoms with van der Waals surface area (Å²) in [5.41, 5.74) is 0.612. The van der Waals surface area contributed by atoms with Crippen molar-refractivity contribution in [3.05, 3.63) is 41.4 Å². The van der Waals surface area contributed by atoms with Crippen molar-refractivity contribution in [2.75, 3.05) is 5.32 Å². The molecule has 2 aromatic rings. The molecule has 2 heterocycles. The number of hydrogen-bond acceptors (Lipinski definition) is 5. The average Bonchev–Trinajstić information content (AvgIpc) is 2.76. The van der Waals surface area contributed by atoms with Crippen molar-refractivity contribution in [2.24, 2.45) is 0 Å². The second kappa shape index (κ2) is 4.66. The molecule has 2 aromatic heterocycles. The number of rotatable bonds is 3. The molecule has 0 spiro atoms. The van der Waals surface area contributed by atoms with Gasteiger partial charge in [0.1, 0.15) is 5.82 Å². The molecule has 7 heteroatoms. The predicted molar refractivity (Wildman–Crippen MR) is 60.4 cm³/mol. The molecule has 2 rings (SSSR count). The Morgan fingerprint density at radius 3 is 2.78 bits per heavy atom. The van der Waals surface area contributed by atoms with Crippen molar-refractivity contribution in [2.45, 2.75) is 6.92 Å². The van der Waals surface area contributed by atoms with Gasteiger partial charge in [-0.2, -0.15) is 0 Å². The van der Waals surface area contributed by atoms with E-state index < -0.39 is 11.9 Å². The standard InChI is InChI=1S/C11H9N3O4/c1-6-4-8(18-14-6)10(15)13-9-5-7(11(16)17)2-3-12-9/h2-5H,1H3,(H,16,17)(H,12,13,15). The zero-order valence-corrected chi connectivity index (χ0v) is 9.38. The fourth-order valence-electron chi connectivity index (χ4n) is 1.28. The molecule has 92 valence electrons. The maximum Gasteiger partial charge on any atom is 0.335 e.